The number of hydrogen-bond donors (Lipinski definition) is 1. The summed E-state index contributed by atoms with van der Waals surface area (Å²) in [7, 11) is 1.42. The molecular formula is C13H12FNO3S2. The smallest absolute Gasteiger partial charge is 0.309 e. The largest absolute Gasteiger partial charge is 0.494 e. The molecule has 2 rings (SSSR count). The highest BCUT2D eigenvalue weighted by atomic mass is 32.2. The van der Waals surface area contributed by atoms with Gasteiger partial charge < -0.3 is 9.84 Å². The summed E-state index contributed by atoms with van der Waals surface area (Å²) in [5.74, 6) is -0.646. The van der Waals surface area contributed by atoms with Crippen LogP contribution in [0.2, 0.25) is 0 Å². The third-order valence-electron chi connectivity index (χ3n) is 2.48. The van der Waals surface area contributed by atoms with Gasteiger partial charge in [0.2, 0.25) is 0 Å². The number of methoxy groups -OCH3 is 1. The Morgan fingerprint density at radius 3 is 3.05 bits per heavy atom. The third-order valence-corrected chi connectivity index (χ3v) is 4.60. The first-order valence-electron chi connectivity index (χ1n) is 5.70. The molecule has 2 aromatic rings. The van der Waals surface area contributed by atoms with Gasteiger partial charge in [-0.3, -0.25) is 4.79 Å². The minimum Gasteiger partial charge on any atom is -0.494 e. The monoisotopic (exact) mass is 313 g/mol. The number of halogens is 1. The fraction of sp³-hybridized carbons (Fsp3) is 0.231. The molecule has 4 nitrogen and oxygen atoms in total. The average Bonchev–Trinajstić information content (AvgIpc) is 2.84. The number of aliphatic carboxylic acids is 1. The molecule has 0 saturated carbocycles. The number of benzene rings is 1. The second kappa shape index (κ2) is 6.71. The molecule has 1 N–H and O–H groups in total. The molecule has 0 bridgehead atoms. The van der Waals surface area contributed by atoms with E-state index >= 15 is 0 Å². The van der Waals surface area contributed by atoms with Crippen molar-refractivity contribution in [3.05, 3.63) is 40.7 Å². The van der Waals surface area contributed by atoms with Crippen LogP contribution in [-0.2, 0) is 17.0 Å². The molecule has 0 aliphatic carbocycles. The second-order valence-corrected chi connectivity index (χ2v) is 5.98. The maximum atomic E-state index is 13.9. The molecule has 0 aliphatic heterocycles. The number of nitrogens with zero attached hydrogens (tertiary/aromatic N) is 1. The van der Waals surface area contributed by atoms with Crippen LogP contribution in [0.5, 0.6) is 5.75 Å². The number of carboxylic acid groups (broad SMARTS) is 1. The first-order valence-corrected chi connectivity index (χ1v) is 7.57. The lowest BCUT2D eigenvalue weighted by Gasteiger charge is -2.05. The Morgan fingerprint density at radius 1 is 1.55 bits per heavy atom. The van der Waals surface area contributed by atoms with E-state index in [0.717, 1.165) is 4.34 Å². The van der Waals surface area contributed by atoms with Crippen molar-refractivity contribution in [1.29, 1.82) is 0 Å². The molecule has 1 aromatic carbocycles. The molecular weight excluding hydrogens is 301 g/mol. The van der Waals surface area contributed by atoms with Crippen LogP contribution < -0.4 is 4.74 Å². The number of hydrogen-bond acceptors (Lipinski definition) is 5. The number of ether oxygens (including phenoxy) is 1. The van der Waals surface area contributed by atoms with Gasteiger partial charge in [-0.05, 0) is 6.07 Å². The van der Waals surface area contributed by atoms with Crippen molar-refractivity contribution in [2.24, 2.45) is 0 Å². The third kappa shape index (κ3) is 3.71. The zero-order chi connectivity index (χ0) is 14.5. The normalized spacial score (nSPS) is 10.5. The molecule has 7 heteroatoms. The Morgan fingerprint density at radius 2 is 2.35 bits per heavy atom. The molecule has 0 unspecified atom stereocenters. The Kier molecular flexibility index (Phi) is 4.97. The number of thioether (sulfide) groups is 1. The van der Waals surface area contributed by atoms with Gasteiger partial charge in [-0.25, -0.2) is 9.37 Å². The van der Waals surface area contributed by atoms with Crippen LogP contribution in [-0.4, -0.2) is 23.2 Å². The summed E-state index contributed by atoms with van der Waals surface area (Å²) < 4.78 is 19.6. The van der Waals surface area contributed by atoms with Crippen molar-refractivity contribution in [2.45, 2.75) is 16.5 Å². The number of rotatable bonds is 6. The van der Waals surface area contributed by atoms with E-state index in [4.69, 9.17) is 9.84 Å². The fourth-order valence-corrected chi connectivity index (χ4v) is 3.38. The molecule has 106 valence electrons. The number of carboxylic acids is 1. The Balaban J connectivity index is 2.02. The SMILES string of the molecule is COc1cccc(CSc2nc(CC(=O)O)cs2)c1F. The highest BCUT2D eigenvalue weighted by molar-refractivity contribution is 8.00. The molecule has 1 aromatic heterocycles. The van der Waals surface area contributed by atoms with Gasteiger partial charge in [-0.1, -0.05) is 23.9 Å². The molecule has 0 radical (unpaired) electrons. The lowest BCUT2D eigenvalue weighted by molar-refractivity contribution is -0.136. The standard InChI is InChI=1S/C13H12FNO3S2/c1-18-10-4-2-3-8(12(10)14)6-19-13-15-9(7-20-13)5-11(16)17/h2-4,7H,5-6H2,1H3,(H,16,17). The fourth-order valence-electron chi connectivity index (χ4n) is 1.56. The summed E-state index contributed by atoms with van der Waals surface area (Å²) in [4.78, 5) is 14.8. The summed E-state index contributed by atoms with van der Waals surface area (Å²) in [6, 6.07) is 4.99. The zero-order valence-corrected chi connectivity index (χ0v) is 12.3. The predicted octanol–water partition coefficient (Wildman–Crippen LogP) is 3.21. The summed E-state index contributed by atoms with van der Waals surface area (Å²) >= 11 is 2.74. The lowest BCUT2D eigenvalue weighted by Crippen LogP contribution is -1.99. The van der Waals surface area contributed by atoms with Gasteiger partial charge >= 0.3 is 5.97 Å². The average molecular weight is 313 g/mol. The Bertz CT molecular complexity index is 615. The van der Waals surface area contributed by atoms with Crippen LogP contribution in [0.4, 0.5) is 4.39 Å². The summed E-state index contributed by atoms with van der Waals surface area (Å²) in [6.45, 7) is 0. The Hall–Kier alpha value is -1.60. The summed E-state index contributed by atoms with van der Waals surface area (Å²) in [5.41, 5.74) is 1.06. The predicted molar refractivity (Wildman–Crippen MR) is 76.0 cm³/mol. The van der Waals surface area contributed by atoms with Crippen molar-refractivity contribution in [3.63, 3.8) is 0 Å². The molecule has 0 fully saturated rings. The van der Waals surface area contributed by atoms with E-state index in [1.807, 2.05) is 0 Å². The quantitative estimate of drug-likeness (QED) is 0.830. The van der Waals surface area contributed by atoms with Crippen LogP contribution in [0.3, 0.4) is 0 Å². The van der Waals surface area contributed by atoms with E-state index in [-0.39, 0.29) is 18.0 Å². The van der Waals surface area contributed by atoms with Crippen molar-refractivity contribution >= 4 is 29.1 Å². The van der Waals surface area contributed by atoms with E-state index in [0.29, 0.717) is 17.0 Å². The second-order valence-electron chi connectivity index (χ2n) is 3.90. The minimum atomic E-state index is -0.911. The zero-order valence-electron chi connectivity index (χ0n) is 10.6. The maximum Gasteiger partial charge on any atom is 0.309 e. The van der Waals surface area contributed by atoms with Gasteiger partial charge in [-0.15, -0.1) is 11.3 Å². The van der Waals surface area contributed by atoms with E-state index in [1.54, 1.807) is 23.6 Å². The lowest BCUT2D eigenvalue weighted by atomic mass is 10.2. The molecule has 1 heterocycles. The highest BCUT2D eigenvalue weighted by Gasteiger charge is 2.11. The van der Waals surface area contributed by atoms with Crippen molar-refractivity contribution in [1.82, 2.24) is 4.98 Å². The topological polar surface area (TPSA) is 59.4 Å². The molecule has 0 spiro atoms. The molecule has 0 aliphatic rings. The molecule has 0 amide bonds. The molecule has 0 saturated heterocycles. The van der Waals surface area contributed by atoms with Crippen LogP contribution in [0.1, 0.15) is 11.3 Å². The highest BCUT2D eigenvalue weighted by Crippen LogP contribution is 2.29. The molecule has 20 heavy (non-hydrogen) atoms. The first kappa shape index (κ1) is 14.8. The first-order chi connectivity index (χ1) is 9.60. The van der Waals surface area contributed by atoms with Crippen LogP contribution in [0.15, 0.2) is 27.9 Å². The van der Waals surface area contributed by atoms with Crippen LogP contribution >= 0.6 is 23.1 Å². The van der Waals surface area contributed by atoms with Crippen molar-refractivity contribution in [3.8, 4) is 5.75 Å². The van der Waals surface area contributed by atoms with Gasteiger partial charge in [-0.2, -0.15) is 0 Å². The summed E-state index contributed by atoms with van der Waals surface area (Å²) in [6.07, 6.45) is -0.0927. The van der Waals surface area contributed by atoms with Crippen LogP contribution in [0.25, 0.3) is 0 Å². The van der Waals surface area contributed by atoms with Gasteiger partial charge in [0.25, 0.3) is 0 Å². The van der Waals surface area contributed by atoms with Crippen LogP contribution in [0, 0.1) is 5.82 Å². The van der Waals surface area contributed by atoms with Gasteiger partial charge in [0, 0.05) is 16.7 Å². The number of carbonyl (C=O) groups is 1. The maximum absolute atomic E-state index is 13.9. The molecule has 0 atom stereocenters. The van der Waals surface area contributed by atoms with Crippen molar-refractivity contribution < 1.29 is 19.0 Å². The van der Waals surface area contributed by atoms with E-state index in [2.05, 4.69) is 4.98 Å². The van der Waals surface area contributed by atoms with E-state index in [9.17, 15) is 9.18 Å². The van der Waals surface area contributed by atoms with Gasteiger partial charge in [0.1, 0.15) is 4.34 Å². The Labute approximate surface area is 123 Å². The summed E-state index contributed by atoms with van der Waals surface area (Å²) in [5, 5.41) is 10.4. The number of aromatic nitrogens is 1. The van der Waals surface area contributed by atoms with Gasteiger partial charge in [0.05, 0.1) is 19.2 Å². The van der Waals surface area contributed by atoms with E-state index in [1.165, 1.54) is 30.2 Å². The van der Waals surface area contributed by atoms with Crippen molar-refractivity contribution in [2.75, 3.05) is 7.11 Å². The number of thiazole rings is 1. The van der Waals surface area contributed by atoms with Gasteiger partial charge in [0.15, 0.2) is 11.6 Å². The van der Waals surface area contributed by atoms with E-state index < -0.39 is 5.97 Å². The minimum absolute atomic E-state index is 0.0927.